The predicted octanol–water partition coefficient (Wildman–Crippen LogP) is 4.64. The lowest BCUT2D eigenvalue weighted by molar-refractivity contribution is -0.140. The Morgan fingerprint density at radius 3 is 2.31 bits per heavy atom. The van der Waals surface area contributed by atoms with Crippen LogP contribution in [0.4, 0.5) is 0 Å². The molecule has 2 bridgehead atoms. The molecule has 2 saturated carbocycles. The lowest BCUT2D eigenvalue weighted by Crippen LogP contribution is -2.40. The Morgan fingerprint density at radius 1 is 0.966 bits per heavy atom. The first-order valence-electron chi connectivity index (χ1n) is 9.68. The molecule has 2 aromatic rings. The van der Waals surface area contributed by atoms with Crippen LogP contribution in [0, 0.1) is 35.5 Å². The molecule has 4 aliphatic carbocycles. The quantitative estimate of drug-likeness (QED) is 0.407. The van der Waals surface area contributed by atoms with Crippen LogP contribution in [0.25, 0.3) is 11.3 Å². The molecule has 0 unspecified atom stereocenters. The number of furan rings is 1. The summed E-state index contributed by atoms with van der Waals surface area (Å²) in [6.45, 7) is 0. The highest BCUT2D eigenvalue weighted by Crippen LogP contribution is 2.65. The maximum Gasteiger partial charge on any atom is 0.254 e. The second kappa shape index (κ2) is 6.07. The summed E-state index contributed by atoms with van der Waals surface area (Å²) >= 11 is 12.0. The Morgan fingerprint density at radius 2 is 1.66 bits per heavy atom. The van der Waals surface area contributed by atoms with Gasteiger partial charge in [0.1, 0.15) is 11.5 Å². The molecule has 2 heterocycles. The van der Waals surface area contributed by atoms with Gasteiger partial charge in [-0.05, 0) is 60.4 Å². The van der Waals surface area contributed by atoms with E-state index < -0.39 is 0 Å². The number of imide groups is 1. The normalized spacial score (nSPS) is 34.2. The standard InChI is InChI=1S/C22H16Cl2N2O3/c23-16-5-1-10(7-17(16)24)18-6-2-11(29-18)9-25-26-21(27)19-12-3-4-13(15-8-14(12)15)20(19)22(26)28/h1-7,9,12-15,19-20H,8H2/b25-9-/t12-,13-,14-,15+,19-,20+/m1/s1. The van der Waals surface area contributed by atoms with E-state index in [-0.39, 0.29) is 35.5 Å². The van der Waals surface area contributed by atoms with Gasteiger partial charge in [-0.15, -0.1) is 0 Å². The Bertz CT molecular complexity index is 1090. The number of rotatable bonds is 3. The van der Waals surface area contributed by atoms with Crippen LogP contribution in [-0.4, -0.2) is 23.0 Å². The predicted molar refractivity (Wildman–Crippen MR) is 108 cm³/mol. The third-order valence-electron chi connectivity index (χ3n) is 6.77. The summed E-state index contributed by atoms with van der Waals surface area (Å²) in [6, 6.07) is 8.74. The minimum Gasteiger partial charge on any atom is -0.455 e. The third kappa shape index (κ3) is 2.50. The fourth-order valence-electron chi connectivity index (χ4n) is 5.40. The number of hydrogen-bond donors (Lipinski definition) is 0. The van der Waals surface area contributed by atoms with E-state index in [1.165, 1.54) is 6.21 Å². The van der Waals surface area contributed by atoms with E-state index in [0.29, 0.717) is 33.4 Å². The van der Waals surface area contributed by atoms with E-state index in [2.05, 4.69) is 17.3 Å². The number of nitrogens with zero attached hydrogens (tertiary/aromatic N) is 2. The number of carbonyl (C=O) groups is 2. The summed E-state index contributed by atoms with van der Waals surface area (Å²) < 4.78 is 5.78. The maximum atomic E-state index is 12.9. The average molecular weight is 427 g/mol. The minimum absolute atomic E-state index is 0.183. The van der Waals surface area contributed by atoms with Gasteiger partial charge in [0.15, 0.2) is 0 Å². The van der Waals surface area contributed by atoms with Crippen molar-refractivity contribution in [2.75, 3.05) is 0 Å². The maximum absolute atomic E-state index is 12.9. The first-order valence-corrected chi connectivity index (χ1v) is 10.4. The molecule has 6 atom stereocenters. The zero-order chi connectivity index (χ0) is 19.9. The molecule has 1 aromatic carbocycles. The van der Waals surface area contributed by atoms with Gasteiger partial charge in [-0.2, -0.15) is 10.1 Å². The van der Waals surface area contributed by atoms with Crippen molar-refractivity contribution in [1.82, 2.24) is 5.01 Å². The van der Waals surface area contributed by atoms with Crippen molar-refractivity contribution in [2.24, 2.45) is 40.6 Å². The van der Waals surface area contributed by atoms with Gasteiger partial charge >= 0.3 is 0 Å². The van der Waals surface area contributed by atoms with Crippen LogP contribution in [0.15, 0.2) is 52.0 Å². The first kappa shape index (κ1) is 17.5. The highest BCUT2D eigenvalue weighted by atomic mass is 35.5. The van der Waals surface area contributed by atoms with Gasteiger partial charge in [0.25, 0.3) is 11.8 Å². The van der Waals surface area contributed by atoms with Crippen LogP contribution in [0.3, 0.4) is 0 Å². The van der Waals surface area contributed by atoms with Crippen LogP contribution < -0.4 is 0 Å². The van der Waals surface area contributed by atoms with Crippen molar-refractivity contribution in [3.8, 4) is 11.3 Å². The number of hydrazone groups is 1. The van der Waals surface area contributed by atoms with E-state index in [1.807, 2.05) is 0 Å². The van der Waals surface area contributed by atoms with Crippen LogP contribution in [0.2, 0.25) is 10.0 Å². The second-order valence-corrected chi connectivity index (χ2v) is 9.03. The van der Waals surface area contributed by atoms with Crippen molar-refractivity contribution in [3.05, 3.63) is 58.3 Å². The third-order valence-corrected chi connectivity index (χ3v) is 7.51. The van der Waals surface area contributed by atoms with Gasteiger partial charge in [0.2, 0.25) is 0 Å². The number of allylic oxidation sites excluding steroid dienone is 2. The SMILES string of the molecule is O=C1[C@@H]2[C@@H]3C=C[C@H]([C@@H]4C[C@H]34)[C@@H]2C(=O)N1/N=C\c1ccc(-c2ccc(Cl)c(Cl)c2)o1. The van der Waals surface area contributed by atoms with E-state index in [4.69, 9.17) is 27.6 Å². The van der Waals surface area contributed by atoms with Crippen LogP contribution in [0.5, 0.6) is 0 Å². The highest BCUT2D eigenvalue weighted by Gasteiger charge is 2.67. The summed E-state index contributed by atoms with van der Waals surface area (Å²) in [5, 5.41) is 6.15. The molecule has 29 heavy (non-hydrogen) atoms. The summed E-state index contributed by atoms with van der Waals surface area (Å²) in [7, 11) is 0. The Kier molecular flexibility index (Phi) is 3.66. The topological polar surface area (TPSA) is 62.9 Å². The van der Waals surface area contributed by atoms with Crippen molar-refractivity contribution in [1.29, 1.82) is 0 Å². The van der Waals surface area contributed by atoms with Gasteiger partial charge < -0.3 is 4.42 Å². The molecule has 7 rings (SSSR count). The second-order valence-electron chi connectivity index (χ2n) is 8.22. The minimum atomic E-state index is -0.248. The summed E-state index contributed by atoms with van der Waals surface area (Å²) in [6.07, 6.45) is 6.86. The molecule has 5 aliphatic rings. The fourth-order valence-corrected chi connectivity index (χ4v) is 5.69. The molecule has 0 N–H and O–H groups in total. The highest BCUT2D eigenvalue weighted by molar-refractivity contribution is 6.42. The zero-order valence-electron chi connectivity index (χ0n) is 15.2. The van der Waals surface area contributed by atoms with Crippen LogP contribution in [0.1, 0.15) is 12.2 Å². The zero-order valence-corrected chi connectivity index (χ0v) is 16.7. The number of amides is 2. The molecule has 146 valence electrons. The van der Waals surface area contributed by atoms with Gasteiger partial charge in [0, 0.05) is 5.56 Å². The van der Waals surface area contributed by atoms with E-state index in [0.717, 1.165) is 17.0 Å². The summed E-state index contributed by atoms with van der Waals surface area (Å²) in [5.41, 5.74) is 0.778. The molecule has 0 radical (unpaired) electrons. The molecule has 5 nitrogen and oxygen atoms in total. The van der Waals surface area contributed by atoms with E-state index in [9.17, 15) is 9.59 Å². The number of halogens is 2. The number of hydrogen-bond acceptors (Lipinski definition) is 4. The van der Waals surface area contributed by atoms with Crippen molar-refractivity contribution in [3.63, 3.8) is 0 Å². The molecular weight excluding hydrogens is 411 g/mol. The van der Waals surface area contributed by atoms with Gasteiger partial charge in [-0.3, -0.25) is 9.59 Å². The largest absolute Gasteiger partial charge is 0.455 e. The number of carbonyl (C=O) groups excluding carboxylic acids is 2. The molecule has 1 aromatic heterocycles. The average Bonchev–Trinajstić information content (AvgIpc) is 3.36. The van der Waals surface area contributed by atoms with E-state index >= 15 is 0 Å². The monoisotopic (exact) mass is 426 g/mol. The van der Waals surface area contributed by atoms with Gasteiger partial charge in [0.05, 0.1) is 28.1 Å². The molecular formula is C22H16Cl2N2O3. The lowest BCUT2D eigenvalue weighted by Gasteiger charge is -2.37. The lowest BCUT2D eigenvalue weighted by atomic mass is 9.63. The molecule has 7 heteroatoms. The first-order chi connectivity index (χ1) is 14.0. The Hall–Kier alpha value is -2.37. The smallest absolute Gasteiger partial charge is 0.254 e. The summed E-state index contributed by atoms with van der Waals surface area (Å²) in [4.78, 5) is 25.8. The molecule has 1 aliphatic heterocycles. The molecule has 3 fully saturated rings. The van der Waals surface area contributed by atoms with Crippen LogP contribution >= 0.6 is 23.2 Å². The molecule has 2 amide bonds. The van der Waals surface area contributed by atoms with Crippen molar-refractivity contribution in [2.45, 2.75) is 6.42 Å². The van der Waals surface area contributed by atoms with Gasteiger partial charge in [-0.25, -0.2) is 0 Å². The Labute approximate surface area is 177 Å². The van der Waals surface area contributed by atoms with E-state index in [1.54, 1.807) is 30.3 Å². The Balaban J connectivity index is 1.24. The van der Waals surface area contributed by atoms with Crippen LogP contribution in [-0.2, 0) is 9.59 Å². The van der Waals surface area contributed by atoms with Gasteiger partial charge in [-0.1, -0.05) is 35.4 Å². The van der Waals surface area contributed by atoms with Crippen molar-refractivity contribution < 1.29 is 14.0 Å². The fraction of sp³-hybridized carbons (Fsp3) is 0.318. The molecule has 1 saturated heterocycles. The molecule has 0 spiro atoms. The summed E-state index contributed by atoms with van der Waals surface area (Å²) in [5.74, 6) is 1.72. The van der Waals surface area contributed by atoms with Crippen molar-refractivity contribution >= 4 is 41.2 Å². The number of benzene rings is 1.